The first-order valence-electron chi connectivity index (χ1n) is 3.47. The van der Waals surface area contributed by atoms with Gasteiger partial charge in [0.1, 0.15) is 6.20 Å². The summed E-state index contributed by atoms with van der Waals surface area (Å²) in [6.07, 6.45) is 4.31. The zero-order chi connectivity index (χ0) is 9.26. The van der Waals surface area contributed by atoms with Gasteiger partial charge in [-0.3, -0.25) is 9.51 Å². The van der Waals surface area contributed by atoms with Crippen molar-refractivity contribution in [1.29, 1.82) is 0 Å². The Bertz CT molecular complexity index is 476. The summed E-state index contributed by atoms with van der Waals surface area (Å²) in [5.41, 5.74) is 0.179. The molecule has 0 fully saturated rings. The van der Waals surface area contributed by atoms with Crippen molar-refractivity contribution in [2.45, 2.75) is 0 Å². The third-order valence-electron chi connectivity index (χ3n) is 1.45. The maximum absolute atomic E-state index is 10.7. The molecule has 2 aromatic rings. The Kier molecular flexibility index (Phi) is 1.86. The summed E-state index contributed by atoms with van der Waals surface area (Å²) in [6.45, 7) is 0. The number of pyridine rings is 1. The van der Waals surface area contributed by atoms with E-state index >= 15 is 0 Å². The monoisotopic (exact) mass is 198 g/mol. The third kappa shape index (κ3) is 1.59. The predicted octanol–water partition coefficient (Wildman–Crippen LogP) is 0.293. The molecule has 6 heteroatoms. The Morgan fingerprint density at radius 1 is 1.54 bits per heavy atom. The highest BCUT2D eigenvalue weighted by Crippen LogP contribution is 2.06. The number of nitrogens with zero attached hydrogens (tertiary/aromatic N) is 2. The first-order chi connectivity index (χ1) is 6.25. The fourth-order valence-corrected chi connectivity index (χ4v) is 1.08. The lowest BCUT2D eigenvalue weighted by atomic mass is 10.4. The van der Waals surface area contributed by atoms with E-state index in [-0.39, 0.29) is 0 Å². The van der Waals surface area contributed by atoms with Crippen LogP contribution < -0.4 is 10.3 Å². The van der Waals surface area contributed by atoms with E-state index in [1.54, 1.807) is 12.3 Å². The second kappa shape index (κ2) is 3.02. The highest BCUT2D eigenvalue weighted by atomic mass is 35.5. The van der Waals surface area contributed by atoms with Crippen molar-refractivity contribution in [2.75, 3.05) is 0 Å². The average molecular weight is 199 g/mol. The van der Waals surface area contributed by atoms with Crippen molar-refractivity contribution in [1.82, 2.24) is 10.3 Å². The first kappa shape index (κ1) is 8.00. The summed E-state index contributed by atoms with van der Waals surface area (Å²) in [7, 11) is 0. The second-order valence-electron chi connectivity index (χ2n) is 2.37. The number of halogens is 1. The summed E-state index contributed by atoms with van der Waals surface area (Å²) in [6, 6.07) is 1.65. The topological polar surface area (TPSA) is 62.8 Å². The Balaban J connectivity index is 2.52. The van der Waals surface area contributed by atoms with Crippen LogP contribution in [0.15, 0.2) is 34.0 Å². The van der Waals surface area contributed by atoms with Crippen molar-refractivity contribution in [3.63, 3.8) is 0 Å². The van der Waals surface area contributed by atoms with Crippen LogP contribution in [-0.2, 0) is 0 Å². The van der Waals surface area contributed by atoms with Crippen LogP contribution in [0.3, 0.4) is 0 Å². The molecular formula is C7H5ClN3O2+. The van der Waals surface area contributed by atoms with Crippen molar-refractivity contribution < 1.29 is 9.20 Å². The van der Waals surface area contributed by atoms with Crippen LogP contribution in [0, 0.1) is 0 Å². The molecule has 0 aliphatic heterocycles. The van der Waals surface area contributed by atoms with Gasteiger partial charge in [-0.05, 0) is 9.95 Å². The highest BCUT2D eigenvalue weighted by Gasteiger charge is 2.10. The van der Waals surface area contributed by atoms with Gasteiger partial charge in [-0.2, -0.15) is 0 Å². The minimum absolute atomic E-state index is 0.458. The van der Waals surface area contributed by atoms with Gasteiger partial charge in [0.2, 0.25) is 0 Å². The minimum Gasteiger partial charge on any atom is -0.283 e. The molecule has 0 saturated heterocycles. The van der Waals surface area contributed by atoms with Crippen LogP contribution in [0.5, 0.6) is 0 Å². The number of aromatic nitrogens is 3. The summed E-state index contributed by atoms with van der Waals surface area (Å²) in [5.74, 6) is 0. The van der Waals surface area contributed by atoms with Crippen molar-refractivity contribution in [3.8, 4) is 5.69 Å². The number of nitrogens with one attached hydrogen (secondary N) is 1. The standard InChI is InChI=1S/C7H4ClN3O2/c8-5-1-6(3-9-2-5)11-4-7(12)13-10-11/h1-4H/p+1. The fourth-order valence-electron chi connectivity index (χ4n) is 0.912. The molecule has 2 heterocycles. The van der Waals surface area contributed by atoms with Gasteiger partial charge in [0, 0.05) is 12.3 Å². The average Bonchev–Trinajstić information content (AvgIpc) is 2.52. The largest absolute Gasteiger partial charge is 0.427 e. The van der Waals surface area contributed by atoms with Crippen LogP contribution in [0.2, 0.25) is 5.02 Å². The predicted molar refractivity (Wildman–Crippen MR) is 43.7 cm³/mol. The van der Waals surface area contributed by atoms with E-state index in [0.717, 1.165) is 0 Å². The van der Waals surface area contributed by atoms with Crippen molar-refractivity contribution >= 4 is 11.6 Å². The zero-order valence-electron chi connectivity index (χ0n) is 6.40. The number of rotatable bonds is 1. The molecule has 2 aromatic heterocycles. The van der Waals surface area contributed by atoms with Gasteiger partial charge in [-0.1, -0.05) is 11.6 Å². The molecule has 5 nitrogen and oxygen atoms in total. The summed E-state index contributed by atoms with van der Waals surface area (Å²) >= 11 is 5.70. The molecule has 0 radical (unpaired) electrons. The molecule has 2 rings (SSSR count). The molecule has 0 saturated carbocycles. The van der Waals surface area contributed by atoms with E-state index in [1.165, 1.54) is 17.1 Å². The molecule has 0 unspecified atom stereocenters. The minimum atomic E-state index is -0.458. The van der Waals surface area contributed by atoms with Crippen LogP contribution in [-0.4, -0.2) is 10.3 Å². The lowest BCUT2D eigenvalue weighted by Gasteiger charge is -1.88. The normalized spacial score (nSPS) is 10.2. The van der Waals surface area contributed by atoms with E-state index < -0.39 is 5.63 Å². The number of aromatic amines is 1. The van der Waals surface area contributed by atoms with Crippen LogP contribution in [0.25, 0.3) is 5.69 Å². The first-order valence-corrected chi connectivity index (χ1v) is 3.84. The van der Waals surface area contributed by atoms with Gasteiger partial charge < -0.3 is 0 Å². The van der Waals surface area contributed by atoms with E-state index in [1.807, 2.05) is 0 Å². The number of hydrogen-bond donors (Lipinski definition) is 1. The summed E-state index contributed by atoms with van der Waals surface area (Å²) in [4.78, 5) is 14.5. The van der Waals surface area contributed by atoms with Gasteiger partial charge in [0.25, 0.3) is 11.9 Å². The van der Waals surface area contributed by atoms with E-state index in [0.29, 0.717) is 10.7 Å². The van der Waals surface area contributed by atoms with Gasteiger partial charge in [-0.15, -0.1) is 0 Å². The van der Waals surface area contributed by atoms with Crippen molar-refractivity contribution in [3.05, 3.63) is 40.1 Å². The van der Waals surface area contributed by atoms with E-state index in [2.05, 4.69) is 14.8 Å². The number of hydrogen-bond acceptors (Lipinski definition) is 3. The summed E-state index contributed by atoms with van der Waals surface area (Å²) < 4.78 is 5.86. The smallest absolute Gasteiger partial charge is 0.283 e. The zero-order valence-corrected chi connectivity index (χ0v) is 7.15. The second-order valence-corrected chi connectivity index (χ2v) is 2.81. The molecule has 66 valence electrons. The van der Waals surface area contributed by atoms with Gasteiger partial charge >= 0.3 is 5.63 Å². The summed E-state index contributed by atoms with van der Waals surface area (Å²) in [5, 5.41) is 2.87. The molecule has 0 bridgehead atoms. The molecule has 0 atom stereocenters. The van der Waals surface area contributed by atoms with Crippen molar-refractivity contribution in [2.24, 2.45) is 0 Å². The van der Waals surface area contributed by atoms with Gasteiger partial charge in [0.05, 0.1) is 5.02 Å². The highest BCUT2D eigenvalue weighted by molar-refractivity contribution is 6.30. The Labute approximate surface area is 77.5 Å². The molecule has 0 aliphatic carbocycles. The number of H-pyrrole nitrogens is 1. The van der Waals surface area contributed by atoms with Crippen LogP contribution in [0.1, 0.15) is 0 Å². The Morgan fingerprint density at radius 2 is 2.38 bits per heavy atom. The molecular weight excluding hydrogens is 194 g/mol. The molecule has 0 aromatic carbocycles. The maximum Gasteiger partial charge on any atom is 0.427 e. The lowest BCUT2D eigenvalue weighted by Crippen LogP contribution is -2.32. The van der Waals surface area contributed by atoms with Gasteiger partial charge in [-0.25, -0.2) is 4.79 Å². The van der Waals surface area contributed by atoms with Gasteiger partial charge in [0.15, 0.2) is 0 Å². The SMILES string of the molecule is O=c1c[n+](-c2cncc(Cl)c2)[nH]o1. The van der Waals surface area contributed by atoms with E-state index in [9.17, 15) is 4.79 Å². The lowest BCUT2D eigenvalue weighted by molar-refractivity contribution is -0.670. The molecule has 1 N–H and O–H groups in total. The quantitative estimate of drug-likeness (QED) is 0.670. The molecule has 0 aliphatic rings. The molecule has 13 heavy (non-hydrogen) atoms. The van der Waals surface area contributed by atoms with E-state index in [4.69, 9.17) is 11.6 Å². The van der Waals surface area contributed by atoms with Crippen LogP contribution in [0.4, 0.5) is 0 Å². The Hall–Kier alpha value is -1.62. The molecule has 0 amide bonds. The Morgan fingerprint density at radius 3 is 3.00 bits per heavy atom. The third-order valence-corrected chi connectivity index (χ3v) is 1.65. The molecule has 0 spiro atoms. The van der Waals surface area contributed by atoms with Crippen LogP contribution >= 0.6 is 11.6 Å². The maximum atomic E-state index is 10.7. The fraction of sp³-hybridized carbons (Fsp3) is 0.